The first-order chi connectivity index (χ1) is 7.33. The van der Waals surface area contributed by atoms with Crippen LogP contribution in [0.2, 0.25) is 0 Å². The van der Waals surface area contributed by atoms with Gasteiger partial charge in [0.2, 0.25) is 0 Å². The van der Waals surface area contributed by atoms with Crippen molar-refractivity contribution in [3.05, 3.63) is 35.4 Å². The number of aliphatic carboxylic acids is 1. The third-order valence-corrected chi connectivity index (χ3v) is 2.52. The van der Waals surface area contributed by atoms with Crippen LogP contribution >= 0.6 is 0 Å². The van der Waals surface area contributed by atoms with Gasteiger partial charge in [0.25, 0.3) is 0 Å². The molecular weight excluding hydrogens is 204 g/mol. The molecule has 0 radical (unpaired) electrons. The predicted molar refractivity (Wildman–Crippen MR) is 61.5 cm³/mol. The van der Waals surface area contributed by atoms with E-state index in [1.165, 1.54) is 0 Å². The van der Waals surface area contributed by atoms with Gasteiger partial charge in [-0.25, -0.2) is 0 Å². The molecule has 1 rings (SSSR count). The molecule has 0 fully saturated rings. The van der Waals surface area contributed by atoms with Gasteiger partial charge in [0.1, 0.15) is 0 Å². The number of carbonyl (C=O) groups is 2. The lowest BCUT2D eigenvalue weighted by Gasteiger charge is -2.17. The van der Waals surface area contributed by atoms with Crippen LogP contribution in [0.4, 0.5) is 0 Å². The second-order valence-corrected chi connectivity index (χ2v) is 4.66. The Hall–Kier alpha value is -1.64. The quantitative estimate of drug-likeness (QED) is 0.794. The molecule has 0 unspecified atom stereocenters. The number of hydrogen-bond donors (Lipinski definition) is 1. The fourth-order valence-electron chi connectivity index (χ4n) is 1.40. The molecular formula is C13H16O3. The van der Waals surface area contributed by atoms with E-state index in [0.29, 0.717) is 5.56 Å². The zero-order valence-corrected chi connectivity index (χ0v) is 9.78. The number of Topliss-reactive ketones (excluding diaryl/α,β-unsaturated/α-hetero) is 1. The van der Waals surface area contributed by atoms with Crippen LogP contribution in [0.3, 0.4) is 0 Å². The molecule has 0 aromatic heterocycles. The Bertz CT molecular complexity index is 419. The number of aryl methyl sites for hydroxylation is 1. The van der Waals surface area contributed by atoms with Crippen molar-refractivity contribution in [2.24, 2.45) is 5.41 Å². The van der Waals surface area contributed by atoms with Gasteiger partial charge in [0.15, 0.2) is 5.78 Å². The molecule has 0 saturated heterocycles. The lowest BCUT2D eigenvalue weighted by Crippen LogP contribution is -2.26. The highest BCUT2D eigenvalue weighted by molar-refractivity contribution is 5.98. The van der Waals surface area contributed by atoms with Crippen LogP contribution in [0.5, 0.6) is 0 Å². The molecule has 86 valence electrons. The molecule has 0 atom stereocenters. The molecule has 0 bridgehead atoms. The lowest BCUT2D eigenvalue weighted by atomic mass is 9.85. The number of carboxylic acids is 1. The van der Waals surface area contributed by atoms with Crippen molar-refractivity contribution in [3.8, 4) is 0 Å². The summed E-state index contributed by atoms with van der Waals surface area (Å²) in [5, 5.41) is 8.94. The minimum absolute atomic E-state index is 0.0196. The van der Waals surface area contributed by atoms with E-state index >= 15 is 0 Å². The summed E-state index contributed by atoms with van der Waals surface area (Å²) >= 11 is 0. The van der Waals surface area contributed by atoms with Crippen molar-refractivity contribution in [2.75, 3.05) is 0 Å². The van der Waals surface area contributed by atoms with E-state index in [4.69, 9.17) is 5.11 Å². The smallest absolute Gasteiger partial charge is 0.309 e. The molecule has 0 aliphatic carbocycles. The van der Waals surface area contributed by atoms with Gasteiger partial charge in [-0.2, -0.15) is 0 Å². The van der Waals surface area contributed by atoms with Crippen molar-refractivity contribution in [1.29, 1.82) is 0 Å². The third kappa shape index (κ3) is 2.92. The number of hydrogen-bond acceptors (Lipinski definition) is 2. The maximum absolute atomic E-state index is 11.9. The molecule has 1 aromatic carbocycles. The van der Waals surface area contributed by atoms with E-state index in [0.717, 1.165) is 5.56 Å². The minimum Gasteiger partial charge on any atom is -0.481 e. The molecule has 16 heavy (non-hydrogen) atoms. The average molecular weight is 220 g/mol. The van der Waals surface area contributed by atoms with Gasteiger partial charge in [-0.15, -0.1) is 0 Å². The van der Waals surface area contributed by atoms with Crippen molar-refractivity contribution in [1.82, 2.24) is 0 Å². The summed E-state index contributed by atoms with van der Waals surface area (Å²) in [5.41, 5.74) is 0.564. The Morgan fingerprint density at radius 3 is 2.44 bits per heavy atom. The van der Waals surface area contributed by atoms with Crippen molar-refractivity contribution < 1.29 is 14.7 Å². The van der Waals surface area contributed by atoms with Crippen LogP contribution in [-0.4, -0.2) is 16.9 Å². The number of carbonyl (C=O) groups excluding carboxylic acids is 1. The Balaban J connectivity index is 2.85. The largest absolute Gasteiger partial charge is 0.481 e. The SMILES string of the molecule is Cc1cccc(C(=O)CC(C)(C)C(=O)O)c1. The van der Waals surface area contributed by atoms with Crippen molar-refractivity contribution in [3.63, 3.8) is 0 Å². The van der Waals surface area contributed by atoms with E-state index in [1.54, 1.807) is 32.0 Å². The van der Waals surface area contributed by atoms with E-state index < -0.39 is 11.4 Å². The monoisotopic (exact) mass is 220 g/mol. The molecule has 3 heteroatoms. The summed E-state index contributed by atoms with van der Waals surface area (Å²) in [5.74, 6) is -1.08. The summed E-state index contributed by atoms with van der Waals surface area (Å²) in [6.07, 6.45) is 0.0196. The maximum atomic E-state index is 11.9. The summed E-state index contributed by atoms with van der Waals surface area (Å²) in [6.45, 7) is 5.02. The Kier molecular flexibility index (Phi) is 3.48. The first kappa shape index (κ1) is 12.4. The molecule has 1 N–H and O–H groups in total. The Morgan fingerprint density at radius 2 is 1.94 bits per heavy atom. The standard InChI is InChI=1S/C13H16O3/c1-9-5-4-6-10(7-9)11(14)8-13(2,3)12(15)16/h4-7H,8H2,1-3H3,(H,15,16). The minimum atomic E-state index is -1.01. The van der Waals surface area contributed by atoms with Crippen LogP contribution in [0.1, 0.15) is 36.2 Å². The van der Waals surface area contributed by atoms with Gasteiger partial charge >= 0.3 is 5.97 Å². The Labute approximate surface area is 95.1 Å². The van der Waals surface area contributed by atoms with Crippen LogP contribution in [0.15, 0.2) is 24.3 Å². The highest BCUT2D eigenvalue weighted by Gasteiger charge is 2.30. The summed E-state index contributed by atoms with van der Waals surface area (Å²) < 4.78 is 0. The summed E-state index contributed by atoms with van der Waals surface area (Å²) in [6, 6.07) is 7.20. The maximum Gasteiger partial charge on any atom is 0.309 e. The predicted octanol–water partition coefficient (Wildman–Crippen LogP) is 2.68. The highest BCUT2D eigenvalue weighted by Crippen LogP contribution is 2.23. The topological polar surface area (TPSA) is 54.4 Å². The average Bonchev–Trinajstić information content (AvgIpc) is 2.16. The van der Waals surface area contributed by atoms with Crippen molar-refractivity contribution in [2.45, 2.75) is 27.2 Å². The van der Waals surface area contributed by atoms with Gasteiger partial charge in [0, 0.05) is 12.0 Å². The second kappa shape index (κ2) is 4.47. The zero-order chi connectivity index (χ0) is 12.3. The van der Waals surface area contributed by atoms with Gasteiger partial charge in [-0.1, -0.05) is 23.8 Å². The highest BCUT2D eigenvalue weighted by atomic mass is 16.4. The number of rotatable bonds is 4. The second-order valence-electron chi connectivity index (χ2n) is 4.66. The molecule has 1 aromatic rings. The number of ketones is 1. The van der Waals surface area contributed by atoms with Gasteiger partial charge < -0.3 is 5.11 Å². The van der Waals surface area contributed by atoms with E-state index in [-0.39, 0.29) is 12.2 Å². The van der Waals surface area contributed by atoms with Crippen molar-refractivity contribution >= 4 is 11.8 Å². The molecule has 0 aliphatic rings. The lowest BCUT2D eigenvalue weighted by molar-refractivity contribution is -0.146. The van der Waals surface area contributed by atoms with Crippen LogP contribution in [0, 0.1) is 12.3 Å². The number of benzene rings is 1. The molecule has 0 heterocycles. The Morgan fingerprint density at radius 1 is 1.31 bits per heavy atom. The molecule has 0 spiro atoms. The third-order valence-electron chi connectivity index (χ3n) is 2.52. The first-order valence-electron chi connectivity index (χ1n) is 5.16. The zero-order valence-electron chi connectivity index (χ0n) is 9.78. The molecule has 0 aliphatic heterocycles. The fourth-order valence-corrected chi connectivity index (χ4v) is 1.40. The summed E-state index contributed by atoms with van der Waals surface area (Å²) in [7, 11) is 0. The normalized spacial score (nSPS) is 11.2. The van der Waals surface area contributed by atoms with Gasteiger partial charge in [0.05, 0.1) is 5.41 Å². The van der Waals surface area contributed by atoms with Gasteiger partial charge in [-0.3, -0.25) is 9.59 Å². The molecule has 0 saturated carbocycles. The van der Waals surface area contributed by atoms with E-state index in [2.05, 4.69) is 0 Å². The molecule has 3 nitrogen and oxygen atoms in total. The summed E-state index contributed by atoms with van der Waals surface area (Å²) in [4.78, 5) is 22.8. The van der Waals surface area contributed by atoms with E-state index in [1.807, 2.05) is 13.0 Å². The van der Waals surface area contributed by atoms with E-state index in [9.17, 15) is 9.59 Å². The molecule has 0 amide bonds. The number of carboxylic acid groups (broad SMARTS) is 1. The van der Waals surface area contributed by atoms with Crippen LogP contribution in [-0.2, 0) is 4.79 Å². The van der Waals surface area contributed by atoms with Gasteiger partial charge in [-0.05, 0) is 26.8 Å². The first-order valence-corrected chi connectivity index (χ1v) is 5.16. The van der Waals surface area contributed by atoms with Crippen LogP contribution < -0.4 is 0 Å². The van der Waals surface area contributed by atoms with Crippen LogP contribution in [0.25, 0.3) is 0 Å². The fraction of sp³-hybridized carbons (Fsp3) is 0.385.